The second-order valence-corrected chi connectivity index (χ2v) is 5.35. The van der Waals surface area contributed by atoms with E-state index in [1.54, 1.807) is 0 Å². The molecule has 0 radical (unpaired) electrons. The third-order valence-electron chi connectivity index (χ3n) is 2.73. The fourth-order valence-corrected chi connectivity index (χ4v) is 2.71. The van der Waals surface area contributed by atoms with Crippen molar-refractivity contribution in [3.63, 3.8) is 0 Å². The molecule has 1 unspecified atom stereocenters. The quantitative estimate of drug-likeness (QED) is 0.773. The maximum atomic E-state index is 5.60. The molecule has 0 spiro atoms. The van der Waals surface area contributed by atoms with Crippen molar-refractivity contribution in [2.75, 3.05) is 6.54 Å². The van der Waals surface area contributed by atoms with Crippen LogP contribution >= 0.6 is 11.8 Å². The summed E-state index contributed by atoms with van der Waals surface area (Å²) in [4.78, 5) is 1.37. The zero-order valence-electron chi connectivity index (χ0n) is 9.92. The maximum absolute atomic E-state index is 5.60. The Hall–Kier alpha value is -0.470. The highest BCUT2D eigenvalue weighted by atomic mass is 32.2. The molecule has 0 aliphatic carbocycles. The van der Waals surface area contributed by atoms with Gasteiger partial charge < -0.3 is 5.73 Å². The normalized spacial score (nSPS) is 12.8. The van der Waals surface area contributed by atoms with Gasteiger partial charge in [-0.25, -0.2) is 0 Å². The molecular weight excluding hydrogens is 202 g/mol. The number of hydrogen-bond donors (Lipinski definition) is 1. The Morgan fingerprint density at radius 1 is 1.27 bits per heavy atom. The van der Waals surface area contributed by atoms with Gasteiger partial charge in [0, 0.05) is 10.1 Å². The van der Waals surface area contributed by atoms with Crippen LogP contribution in [-0.4, -0.2) is 11.8 Å². The summed E-state index contributed by atoms with van der Waals surface area (Å²) in [5.41, 5.74) is 8.34. The van der Waals surface area contributed by atoms with Crippen LogP contribution in [0.1, 0.15) is 30.9 Å². The zero-order valence-corrected chi connectivity index (χ0v) is 10.7. The monoisotopic (exact) mass is 223 g/mol. The van der Waals surface area contributed by atoms with E-state index in [1.807, 2.05) is 11.8 Å². The molecule has 0 heterocycles. The molecule has 1 rings (SSSR count). The van der Waals surface area contributed by atoms with Crippen molar-refractivity contribution in [3.8, 4) is 0 Å². The van der Waals surface area contributed by atoms with Gasteiger partial charge >= 0.3 is 0 Å². The van der Waals surface area contributed by atoms with E-state index in [0.717, 1.165) is 13.0 Å². The third-order valence-corrected chi connectivity index (χ3v) is 4.15. The van der Waals surface area contributed by atoms with E-state index in [0.29, 0.717) is 5.25 Å². The highest BCUT2D eigenvalue weighted by molar-refractivity contribution is 8.00. The van der Waals surface area contributed by atoms with E-state index in [2.05, 4.69) is 39.0 Å². The van der Waals surface area contributed by atoms with Crippen LogP contribution in [0.15, 0.2) is 23.1 Å². The van der Waals surface area contributed by atoms with Gasteiger partial charge in [-0.05, 0) is 56.5 Å². The predicted molar refractivity (Wildman–Crippen MR) is 69.5 cm³/mol. The number of nitrogens with two attached hydrogens (primary N) is 1. The van der Waals surface area contributed by atoms with E-state index in [1.165, 1.54) is 22.4 Å². The second kappa shape index (κ2) is 6.19. The molecule has 0 fully saturated rings. The Morgan fingerprint density at radius 2 is 2.00 bits per heavy atom. The van der Waals surface area contributed by atoms with Gasteiger partial charge in [0.05, 0.1) is 0 Å². The molecule has 1 aromatic carbocycles. The maximum Gasteiger partial charge on any atom is 0.0104 e. The minimum absolute atomic E-state index is 0.664. The number of hydrogen-bond acceptors (Lipinski definition) is 2. The van der Waals surface area contributed by atoms with Crippen molar-refractivity contribution in [1.29, 1.82) is 0 Å². The van der Waals surface area contributed by atoms with E-state index in [9.17, 15) is 0 Å². The molecule has 1 aromatic rings. The number of benzene rings is 1. The summed E-state index contributed by atoms with van der Waals surface area (Å²) < 4.78 is 0. The molecule has 0 saturated heterocycles. The van der Waals surface area contributed by atoms with Gasteiger partial charge in [-0.3, -0.25) is 0 Å². The van der Waals surface area contributed by atoms with Gasteiger partial charge in [0.25, 0.3) is 0 Å². The van der Waals surface area contributed by atoms with Gasteiger partial charge in [-0.15, -0.1) is 11.8 Å². The first-order valence-corrected chi connectivity index (χ1v) is 6.49. The van der Waals surface area contributed by atoms with Crippen LogP contribution in [0, 0.1) is 13.8 Å². The molecule has 1 atom stereocenters. The largest absolute Gasteiger partial charge is 0.330 e. The molecule has 2 heteroatoms. The predicted octanol–water partition coefficient (Wildman–Crippen LogP) is 3.52. The lowest BCUT2D eigenvalue weighted by atomic mass is 10.1. The number of rotatable bonds is 5. The fraction of sp³-hybridized carbons (Fsp3) is 0.538. The van der Waals surface area contributed by atoms with Crippen molar-refractivity contribution in [1.82, 2.24) is 0 Å². The lowest BCUT2D eigenvalue weighted by Gasteiger charge is -2.14. The number of thioether (sulfide) groups is 1. The molecular formula is C13H21NS. The van der Waals surface area contributed by atoms with Gasteiger partial charge in [-0.1, -0.05) is 13.0 Å². The molecule has 0 aliphatic heterocycles. The summed E-state index contributed by atoms with van der Waals surface area (Å²) >= 11 is 1.96. The molecule has 15 heavy (non-hydrogen) atoms. The first-order chi connectivity index (χ1) is 7.17. The van der Waals surface area contributed by atoms with E-state index < -0.39 is 0 Å². The molecule has 0 aliphatic rings. The first kappa shape index (κ1) is 12.6. The Kier molecular flexibility index (Phi) is 5.20. The standard InChI is InChI=1S/C13H21NS/c1-4-12(7-8-14)15-13-6-5-10(2)11(3)9-13/h5-6,9,12H,4,7-8,14H2,1-3H3. The highest BCUT2D eigenvalue weighted by Gasteiger charge is 2.07. The van der Waals surface area contributed by atoms with Crippen LogP contribution in [-0.2, 0) is 0 Å². The third kappa shape index (κ3) is 3.88. The van der Waals surface area contributed by atoms with Gasteiger partial charge in [0.15, 0.2) is 0 Å². The van der Waals surface area contributed by atoms with Crippen molar-refractivity contribution >= 4 is 11.8 Å². The minimum atomic E-state index is 0.664. The van der Waals surface area contributed by atoms with Crippen molar-refractivity contribution < 1.29 is 0 Å². The minimum Gasteiger partial charge on any atom is -0.330 e. The Labute approximate surface area is 97.4 Å². The van der Waals surface area contributed by atoms with E-state index in [4.69, 9.17) is 5.73 Å². The average Bonchev–Trinajstić information content (AvgIpc) is 2.23. The second-order valence-electron chi connectivity index (χ2n) is 3.97. The van der Waals surface area contributed by atoms with Crippen LogP contribution in [0.2, 0.25) is 0 Å². The fourth-order valence-electron chi connectivity index (χ4n) is 1.51. The van der Waals surface area contributed by atoms with Crippen LogP contribution in [0.5, 0.6) is 0 Å². The van der Waals surface area contributed by atoms with Gasteiger partial charge in [0.1, 0.15) is 0 Å². The summed E-state index contributed by atoms with van der Waals surface area (Å²) in [5, 5.41) is 0.664. The smallest absolute Gasteiger partial charge is 0.0104 e. The van der Waals surface area contributed by atoms with Crippen molar-refractivity contribution in [2.24, 2.45) is 5.73 Å². The van der Waals surface area contributed by atoms with E-state index in [-0.39, 0.29) is 0 Å². The highest BCUT2D eigenvalue weighted by Crippen LogP contribution is 2.28. The molecule has 0 bridgehead atoms. The molecule has 0 amide bonds. The summed E-state index contributed by atoms with van der Waals surface area (Å²) in [6.45, 7) is 7.34. The average molecular weight is 223 g/mol. The molecule has 84 valence electrons. The van der Waals surface area contributed by atoms with Gasteiger partial charge in [-0.2, -0.15) is 0 Å². The van der Waals surface area contributed by atoms with Crippen LogP contribution in [0.3, 0.4) is 0 Å². The van der Waals surface area contributed by atoms with Crippen molar-refractivity contribution in [3.05, 3.63) is 29.3 Å². The Balaban J connectivity index is 2.66. The number of aryl methyl sites for hydroxylation is 2. The summed E-state index contributed by atoms with van der Waals surface area (Å²) in [6.07, 6.45) is 2.29. The van der Waals surface area contributed by atoms with E-state index >= 15 is 0 Å². The van der Waals surface area contributed by atoms with Crippen molar-refractivity contribution in [2.45, 2.75) is 43.8 Å². The summed E-state index contributed by atoms with van der Waals surface area (Å²) in [6, 6.07) is 6.69. The topological polar surface area (TPSA) is 26.0 Å². The SMILES string of the molecule is CCC(CCN)Sc1ccc(C)c(C)c1. The molecule has 1 nitrogen and oxygen atoms in total. The van der Waals surface area contributed by atoms with Gasteiger partial charge in [0.2, 0.25) is 0 Å². The lowest BCUT2D eigenvalue weighted by molar-refractivity contribution is 0.745. The summed E-state index contributed by atoms with van der Waals surface area (Å²) in [7, 11) is 0. The van der Waals surface area contributed by atoms with Crippen LogP contribution < -0.4 is 5.73 Å². The first-order valence-electron chi connectivity index (χ1n) is 5.61. The van der Waals surface area contributed by atoms with Crippen LogP contribution in [0.25, 0.3) is 0 Å². The zero-order chi connectivity index (χ0) is 11.3. The molecule has 0 saturated carbocycles. The van der Waals surface area contributed by atoms with Crippen LogP contribution in [0.4, 0.5) is 0 Å². The summed E-state index contributed by atoms with van der Waals surface area (Å²) in [5.74, 6) is 0. The molecule has 2 N–H and O–H groups in total. The Bertz CT molecular complexity index is 309. The molecule has 0 aromatic heterocycles. The lowest BCUT2D eigenvalue weighted by Crippen LogP contribution is -2.09. The Morgan fingerprint density at radius 3 is 2.53 bits per heavy atom.